The van der Waals surface area contributed by atoms with E-state index in [2.05, 4.69) is 58.8 Å². The van der Waals surface area contributed by atoms with Gasteiger partial charge in [0.25, 0.3) is 0 Å². The Bertz CT molecular complexity index is 882. The molecule has 1 N–H and O–H groups in total. The Morgan fingerprint density at radius 2 is 1.96 bits per heavy atom. The maximum atomic E-state index is 5.48. The lowest BCUT2D eigenvalue weighted by atomic mass is 10.2. The number of tetrazole rings is 1. The summed E-state index contributed by atoms with van der Waals surface area (Å²) in [6.07, 6.45) is 1.00. The van der Waals surface area contributed by atoms with Crippen molar-refractivity contribution in [2.75, 3.05) is 19.4 Å². The van der Waals surface area contributed by atoms with Crippen LogP contribution in [0.25, 0.3) is 5.69 Å². The molecular weight excluding hydrogens is 530 g/mol. The lowest BCUT2D eigenvalue weighted by molar-refractivity contribution is 0.405. The van der Waals surface area contributed by atoms with E-state index in [-0.39, 0.29) is 12.4 Å². The highest BCUT2D eigenvalue weighted by molar-refractivity contribution is 9.11. The van der Waals surface area contributed by atoms with Crippen LogP contribution < -0.4 is 10.1 Å². The molecule has 0 fully saturated rings. The van der Waals surface area contributed by atoms with E-state index in [1.165, 1.54) is 0 Å². The number of rotatable bonds is 9. The van der Waals surface area contributed by atoms with E-state index in [0.29, 0.717) is 0 Å². The molecule has 3 rings (SSSR count). The van der Waals surface area contributed by atoms with E-state index < -0.39 is 0 Å². The predicted octanol–water partition coefficient (Wildman–Crippen LogP) is 4.89. The number of methoxy groups -OCH3 is 1. The summed E-state index contributed by atoms with van der Waals surface area (Å²) in [5, 5.41) is 16.3. The second-order valence-electron chi connectivity index (χ2n) is 5.67. The van der Waals surface area contributed by atoms with E-state index in [1.54, 1.807) is 23.6 Å². The standard InChI is InChI=1S/C18H19Br2N5OS.ClH/c1-26-17-13(10-14(19)11-16(17)20)12-21-8-5-9-27-18-22-23-24-25(18)15-6-3-2-4-7-15;/h2-4,6-7,10-11,21H,5,8-9,12H2,1H3;1H. The summed E-state index contributed by atoms with van der Waals surface area (Å²) in [5.74, 6) is 1.79. The van der Waals surface area contributed by atoms with Crippen molar-refractivity contribution >= 4 is 56.0 Å². The first-order valence-corrected chi connectivity index (χ1v) is 11.0. The quantitative estimate of drug-likeness (QED) is 0.303. The highest BCUT2D eigenvalue weighted by atomic mass is 79.9. The van der Waals surface area contributed by atoms with Crippen molar-refractivity contribution in [1.29, 1.82) is 0 Å². The zero-order valence-corrected chi connectivity index (χ0v) is 19.9. The zero-order chi connectivity index (χ0) is 19.1. The second kappa shape index (κ2) is 11.8. The third-order valence-electron chi connectivity index (χ3n) is 3.78. The Balaban J connectivity index is 0.00000280. The molecule has 0 saturated heterocycles. The molecule has 10 heteroatoms. The van der Waals surface area contributed by atoms with Gasteiger partial charge in [0.1, 0.15) is 5.75 Å². The predicted molar refractivity (Wildman–Crippen MR) is 122 cm³/mol. The first kappa shape index (κ1) is 23.2. The van der Waals surface area contributed by atoms with Gasteiger partial charge in [-0.25, -0.2) is 0 Å². The van der Waals surface area contributed by atoms with Gasteiger partial charge in [-0.2, -0.15) is 4.68 Å². The Hall–Kier alpha value is -1.13. The Labute approximate surface area is 191 Å². The molecule has 6 nitrogen and oxygen atoms in total. The van der Waals surface area contributed by atoms with Crippen LogP contribution in [0, 0.1) is 0 Å². The van der Waals surface area contributed by atoms with Crippen molar-refractivity contribution in [3.8, 4) is 11.4 Å². The van der Waals surface area contributed by atoms with Crippen molar-refractivity contribution in [1.82, 2.24) is 25.5 Å². The van der Waals surface area contributed by atoms with Gasteiger partial charge in [0, 0.05) is 22.3 Å². The maximum Gasteiger partial charge on any atom is 0.214 e. The summed E-state index contributed by atoms with van der Waals surface area (Å²) in [7, 11) is 1.69. The largest absolute Gasteiger partial charge is 0.495 e. The van der Waals surface area contributed by atoms with Crippen molar-refractivity contribution in [3.63, 3.8) is 0 Å². The minimum absolute atomic E-state index is 0. The number of nitrogens with one attached hydrogen (secondary N) is 1. The smallest absolute Gasteiger partial charge is 0.214 e. The van der Waals surface area contributed by atoms with Crippen LogP contribution in [0.4, 0.5) is 0 Å². The average molecular weight is 550 g/mol. The molecule has 2 aromatic carbocycles. The van der Waals surface area contributed by atoms with Gasteiger partial charge < -0.3 is 10.1 Å². The Kier molecular flexibility index (Phi) is 9.73. The molecule has 150 valence electrons. The van der Waals surface area contributed by atoms with E-state index >= 15 is 0 Å². The fraction of sp³-hybridized carbons (Fsp3) is 0.278. The monoisotopic (exact) mass is 547 g/mol. The van der Waals surface area contributed by atoms with Crippen LogP contribution in [0.15, 0.2) is 56.6 Å². The van der Waals surface area contributed by atoms with Crippen LogP contribution >= 0.6 is 56.0 Å². The lowest BCUT2D eigenvalue weighted by Gasteiger charge is -2.12. The minimum Gasteiger partial charge on any atom is -0.495 e. The van der Waals surface area contributed by atoms with Gasteiger partial charge in [-0.15, -0.1) is 17.5 Å². The van der Waals surface area contributed by atoms with Crippen molar-refractivity contribution in [2.24, 2.45) is 0 Å². The number of nitrogens with zero attached hydrogens (tertiary/aromatic N) is 4. The number of hydrogen-bond acceptors (Lipinski definition) is 6. The molecule has 0 saturated carbocycles. The molecule has 0 spiro atoms. The van der Waals surface area contributed by atoms with Gasteiger partial charge in [-0.05, 0) is 63.6 Å². The second-order valence-corrected chi connectivity index (χ2v) is 8.50. The highest BCUT2D eigenvalue weighted by Gasteiger charge is 2.10. The van der Waals surface area contributed by atoms with Crippen LogP contribution in [0.2, 0.25) is 0 Å². The molecule has 0 aliphatic heterocycles. The van der Waals surface area contributed by atoms with Crippen LogP contribution in [0.3, 0.4) is 0 Å². The molecule has 0 radical (unpaired) electrons. The number of halogens is 3. The van der Waals surface area contributed by atoms with E-state index in [4.69, 9.17) is 4.74 Å². The normalized spacial score (nSPS) is 10.5. The summed E-state index contributed by atoms with van der Waals surface area (Å²) in [6, 6.07) is 14.0. The number of ether oxygens (including phenoxy) is 1. The van der Waals surface area contributed by atoms with Crippen LogP contribution in [0.5, 0.6) is 5.75 Å². The van der Waals surface area contributed by atoms with Crippen molar-refractivity contribution in [2.45, 2.75) is 18.1 Å². The fourth-order valence-corrected chi connectivity index (χ4v) is 4.86. The van der Waals surface area contributed by atoms with Gasteiger partial charge >= 0.3 is 0 Å². The number of para-hydroxylation sites is 1. The average Bonchev–Trinajstić information content (AvgIpc) is 3.13. The highest BCUT2D eigenvalue weighted by Crippen LogP contribution is 2.32. The summed E-state index contributed by atoms with van der Waals surface area (Å²) in [6.45, 7) is 1.64. The number of aromatic nitrogens is 4. The summed E-state index contributed by atoms with van der Waals surface area (Å²) in [5.41, 5.74) is 2.08. The summed E-state index contributed by atoms with van der Waals surface area (Å²) >= 11 is 8.71. The molecule has 0 atom stereocenters. The Morgan fingerprint density at radius 3 is 2.71 bits per heavy atom. The van der Waals surface area contributed by atoms with E-state index in [1.807, 2.05) is 36.4 Å². The third kappa shape index (κ3) is 6.18. The Morgan fingerprint density at radius 1 is 1.18 bits per heavy atom. The van der Waals surface area contributed by atoms with Crippen molar-refractivity contribution < 1.29 is 4.74 Å². The number of hydrogen-bond donors (Lipinski definition) is 1. The molecule has 1 aromatic heterocycles. The molecule has 0 bridgehead atoms. The molecule has 3 aromatic rings. The number of thioether (sulfide) groups is 1. The van der Waals surface area contributed by atoms with Gasteiger partial charge in [-0.3, -0.25) is 0 Å². The van der Waals surface area contributed by atoms with Gasteiger partial charge in [0.05, 0.1) is 17.3 Å². The molecule has 0 amide bonds. The molecule has 0 unspecified atom stereocenters. The maximum absolute atomic E-state index is 5.48. The first-order valence-electron chi connectivity index (χ1n) is 8.38. The van der Waals surface area contributed by atoms with Gasteiger partial charge in [0.15, 0.2) is 0 Å². The van der Waals surface area contributed by atoms with Crippen LogP contribution in [0.1, 0.15) is 12.0 Å². The summed E-state index contributed by atoms with van der Waals surface area (Å²) < 4.78 is 9.21. The molecule has 28 heavy (non-hydrogen) atoms. The SMILES string of the molecule is COc1c(Br)cc(Br)cc1CNCCCSc1nnnn1-c1ccccc1.Cl. The van der Waals surface area contributed by atoms with Gasteiger partial charge in [0.2, 0.25) is 5.16 Å². The lowest BCUT2D eigenvalue weighted by Crippen LogP contribution is -2.16. The zero-order valence-electron chi connectivity index (χ0n) is 15.1. The molecule has 0 aliphatic carbocycles. The molecule has 0 aliphatic rings. The first-order chi connectivity index (χ1) is 13.2. The van der Waals surface area contributed by atoms with Crippen LogP contribution in [-0.2, 0) is 6.54 Å². The third-order valence-corrected chi connectivity index (χ3v) is 5.83. The van der Waals surface area contributed by atoms with Crippen molar-refractivity contribution in [3.05, 3.63) is 57.0 Å². The molecular formula is C18H20Br2ClN5OS. The fourth-order valence-electron chi connectivity index (χ4n) is 2.56. The van der Waals surface area contributed by atoms with Gasteiger partial charge in [-0.1, -0.05) is 45.9 Å². The minimum atomic E-state index is 0. The molecule has 1 heterocycles. The topological polar surface area (TPSA) is 64.9 Å². The van der Waals surface area contributed by atoms with E-state index in [0.717, 1.165) is 56.4 Å². The summed E-state index contributed by atoms with van der Waals surface area (Å²) in [4.78, 5) is 0. The number of benzene rings is 2. The van der Waals surface area contributed by atoms with E-state index in [9.17, 15) is 0 Å². The van der Waals surface area contributed by atoms with Crippen LogP contribution in [-0.4, -0.2) is 39.6 Å².